The average Bonchev–Trinajstić information content (AvgIpc) is 3.16. The van der Waals surface area contributed by atoms with E-state index in [1.165, 1.54) is 19.3 Å². The zero-order valence-electron chi connectivity index (χ0n) is 14.9. The number of carbonyl (C=O) groups is 1. The van der Waals surface area contributed by atoms with Gasteiger partial charge in [0.1, 0.15) is 0 Å². The van der Waals surface area contributed by atoms with E-state index in [2.05, 4.69) is 10.2 Å². The summed E-state index contributed by atoms with van der Waals surface area (Å²) in [6.07, 6.45) is 5.78. The number of benzene rings is 1. The molecule has 2 aliphatic heterocycles. The maximum absolute atomic E-state index is 12.7. The quantitative estimate of drug-likeness (QED) is 0.803. The van der Waals surface area contributed by atoms with Gasteiger partial charge in [-0.25, -0.2) is 0 Å². The van der Waals surface area contributed by atoms with Crippen molar-refractivity contribution in [2.75, 3.05) is 38.3 Å². The van der Waals surface area contributed by atoms with E-state index in [1.54, 1.807) is 0 Å². The van der Waals surface area contributed by atoms with Gasteiger partial charge in [0.15, 0.2) is 16.6 Å². The minimum absolute atomic E-state index is 0.244. The molecule has 0 radical (unpaired) electrons. The first-order valence-electron chi connectivity index (χ1n) is 9.45. The number of piperazine rings is 1. The first-order chi connectivity index (χ1) is 12.7. The molecule has 1 aromatic rings. The first-order valence-corrected chi connectivity index (χ1v) is 9.86. The fourth-order valence-electron chi connectivity index (χ4n) is 3.91. The van der Waals surface area contributed by atoms with E-state index in [9.17, 15) is 4.79 Å². The normalized spacial score (nSPS) is 20.2. The fourth-order valence-corrected chi connectivity index (χ4v) is 4.21. The zero-order chi connectivity index (χ0) is 17.9. The Labute approximate surface area is 159 Å². The summed E-state index contributed by atoms with van der Waals surface area (Å²) >= 11 is 5.55. The van der Waals surface area contributed by atoms with Crippen molar-refractivity contribution in [2.45, 2.75) is 32.1 Å². The Morgan fingerprint density at radius 3 is 2.46 bits per heavy atom. The molecule has 3 aliphatic rings. The topological polar surface area (TPSA) is 54.0 Å². The lowest BCUT2D eigenvalue weighted by Gasteiger charge is -2.38. The minimum Gasteiger partial charge on any atom is -0.454 e. The van der Waals surface area contributed by atoms with Crippen LogP contribution in [-0.4, -0.2) is 53.8 Å². The molecule has 1 N–H and O–H groups in total. The lowest BCUT2D eigenvalue weighted by Crippen LogP contribution is -2.53. The number of rotatable bonds is 2. The summed E-state index contributed by atoms with van der Waals surface area (Å²) in [6.45, 7) is 3.31. The molecule has 1 aliphatic carbocycles. The summed E-state index contributed by atoms with van der Waals surface area (Å²) in [4.78, 5) is 16.8. The molecule has 0 spiro atoms. The van der Waals surface area contributed by atoms with Crippen LogP contribution in [0.1, 0.15) is 32.1 Å². The van der Waals surface area contributed by atoms with Crippen LogP contribution in [0, 0.1) is 5.92 Å². The van der Waals surface area contributed by atoms with Gasteiger partial charge in [0, 0.05) is 43.9 Å². The largest absolute Gasteiger partial charge is 0.454 e. The predicted octanol–water partition coefficient (Wildman–Crippen LogP) is 2.84. The highest BCUT2D eigenvalue weighted by atomic mass is 32.1. The summed E-state index contributed by atoms with van der Waals surface area (Å²) in [5.41, 5.74) is 0.889. The van der Waals surface area contributed by atoms with E-state index in [0.717, 1.165) is 56.2 Å². The van der Waals surface area contributed by atoms with Crippen LogP contribution in [0.3, 0.4) is 0 Å². The van der Waals surface area contributed by atoms with Crippen molar-refractivity contribution < 1.29 is 14.3 Å². The molecule has 7 heteroatoms. The Hall–Kier alpha value is -2.02. The third-order valence-corrected chi connectivity index (χ3v) is 5.82. The van der Waals surface area contributed by atoms with Gasteiger partial charge in [0.25, 0.3) is 0 Å². The maximum Gasteiger partial charge on any atom is 0.231 e. The molecule has 6 nitrogen and oxygen atoms in total. The molecular weight excluding hydrogens is 350 g/mol. The van der Waals surface area contributed by atoms with E-state index in [0.29, 0.717) is 11.0 Å². The summed E-state index contributed by atoms with van der Waals surface area (Å²) in [6, 6.07) is 5.72. The number of nitrogens with zero attached hydrogens (tertiary/aromatic N) is 2. The molecule has 0 aromatic heterocycles. The molecule has 0 unspecified atom stereocenters. The van der Waals surface area contributed by atoms with E-state index in [4.69, 9.17) is 21.7 Å². The summed E-state index contributed by atoms with van der Waals surface area (Å²) in [7, 11) is 0. The zero-order valence-corrected chi connectivity index (χ0v) is 15.7. The summed E-state index contributed by atoms with van der Waals surface area (Å²) in [5, 5.41) is 3.96. The molecule has 0 bridgehead atoms. The van der Waals surface area contributed by atoms with Crippen LogP contribution >= 0.6 is 12.2 Å². The van der Waals surface area contributed by atoms with Gasteiger partial charge in [-0.2, -0.15) is 0 Å². The second-order valence-corrected chi connectivity index (χ2v) is 7.53. The van der Waals surface area contributed by atoms with Crippen LogP contribution in [0.15, 0.2) is 18.2 Å². The predicted molar refractivity (Wildman–Crippen MR) is 104 cm³/mol. The average molecular weight is 375 g/mol. The molecule has 0 atom stereocenters. The third-order valence-electron chi connectivity index (χ3n) is 5.46. The monoisotopic (exact) mass is 375 g/mol. The Morgan fingerprint density at radius 2 is 1.69 bits per heavy atom. The molecule has 1 amide bonds. The van der Waals surface area contributed by atoms with Crippen molar-refractivity contribution in [3.05, 3.63) is 18.2 Å². The van der Waals surface area contributed by atoms with Gasteiger partial charge in [-0.1, -0.05) is 19.3 Å². The summed E-state index contributed by atoms with van der Waals surface area (Å²) < 4.78 is 10.7. The van der Waals surface area contributed by atoms with Gasteiger partial charge in [-0.3, -0.25) is 4.79 Å². The highest BCUT2D eigenvalue weighted by Gasteiger charge is 2.29. The number of amides is 1. The lowest BCUT2D eigenvalue weighted by molar-refractivity contribution is -0.137. The minimum atomic E-state index is 0.244. The van der Waals surface area contributed by atoms with Crippen LogP contribution in [0.2, 0.25) is 0 Å². The van der Waals surface area contributed by atoms with Crippen molar-refractivity contribution in [3.8, 4) is 11.5 Å². The van der Waals surface area contributed by atoms with Crippen molar-refractivity contribution in [3.63, 3.8) is 0 Å². The van der Waals surface area contributed by atoms with Gasteiger partial charge in [0.2, 0.25) is 12.7 Å². The van der Waals surface area contributed by atoms with Gasteiger partial charge in [-0.05, 0) is 37.2 Å². The van der Waals surface area contributed by atoms with Crippen molar-refractivity contribution in [1.29, 1.82) is 0 Å². The number of hydrogen-bond acceptors (Lipinski definition) is 4. The smallest absolute Gasteiger partial charge is 0.231 e. The molecule has 2 heterocycles. The number of nitrogens with one attached hydrogen (secondary N) is 1. The van der Waals surface area contributed by atoms with Gasteiger partial charge < -0.3 is 24.6 Å². The molecule has 1 aromatic carbocycles. The van der Waals surface area contributed by atoms with Crippen molar-refractivity contribution in [1.82, 2.24) is 9.80 Å². The third kappa shape index (κ3) is 3.72. The molecule has 1 saturated heterocycles. The molecule has 4 rings (SSSR count). The van der Waals surface area contributed by atoms with E-state index < -0.39 is 0 Å². The number of hydrogen-bond donors (Lipinski definition) is 1. The van der Waals surface area contributed by atoms with Crippen molar-refractivity contribution >= 4 is 28.9 Å². The Kier molecular flexibility index (Phi) is 5.15. The Morgan fingerprint density at radius 1 is 1.00 bits per heavy atom. The van der Waals surface area contributed by atoms with E-state index in [1.807, 2.05) is 23.1 Å². The number of thiocarbonyl (C=S) groups is 1. The second-order valence-electron chi connectivity index (χ2n) is 7.15. The molecular formula is C19H25N3O3S. The molecule has 140 valence electrons. The van der Waals surface area contributed by atoms with E-state index >= 15 is 0 Å². The standard InChI is InChI=1S/C19H25N3O3S/c23-18(14-4-2-1-3-5-14)21-8-10-22(11-9-21)19(26)20-15-6-7-16-17(12-15)25-13-24-16/h6-7,12,14H,1-5,8-11,13H2,(H,20,26). The highest BCUT2D eigenvalue weighted by molar-refractivity contribution is 7.80. The number of ether oxygens (including phenoxy) is 2. The van der Waals surface area contributed by atoms with Crippen LogP contribution < -0.4 is 14.8 Å². The fraction of sp³-hybridized carbons (Fsp3) is 0.579. The Bertz CT molecular complexity index is 683. The molecule has 2 fully saturated rings. The second kappa shape index (κ2) is 7.70. The van der Waals surface area contributed by atoms with Crippen LogP contribution in [0.5, 0.6) is 11.5 Å². The SMILES string of the molecule is O=C(C1CCCCC1)N1CCN(C(=S)Nc2ccc3c(c2)OCO3)CC1. The van der Waals surface area contributed by atoms with Gasteiger partial charge in [-0.15, -0.1) is 0 Å². The van der Waals surface area contributed by atoms with Crippen molar-refractivity contribution in [2.24, 2.45) is 5.92 Å². The van der Waals surface area contributed by atoms with Crippen LogP contribution in [0.4, 0.5) is 5.69 Å². The van der Waals surface area contributed by atoms with Crippen LogP contribution in [-0.2, 0) is 4.79 Å². The number of anilines is 1. The molecule has 1 saturated carbocycles. The van der Waals surface area contributed by atoms with E-state index in [-0.39, 0.29) is 12.7 Å². The molecule has 26 heavy (non-hydrogen) atoms. The van der Waals surface area contributed by atoms with Gasteiger partial charge in [0.05, 0.1) is 0 Å². The Balaban J connectivity index is 1.28. The summed E-state index contributed by atoms with van der Waals surface area (Å²) in [5.74, 6) is 2.09. The number of carbonyl (C=O) groups excluding carboxylic acids is 1. The maximum atomic E-state index is 12.7. The number of fused-ring (bicyclic) bond motifs is 1. The van der Waals surface area contributed by atoms with Gasteiger partial charge >= 0.3 is 0 Å². The lowest BCUT2D eigenvalue weighted by atomic mass is 9.88. The highest BCUT2D eigenvalue weighted by Crippen LogP contribution is 2.34. The van der Waals surface area contributed by atoms with Crippen LogP contribution in [0.25, 0.3) is 0 Å². The first kappa shape index (κ1) is 17.4.